The van der Waals surface area contributed by atoms with Crippen LogP contribution >= 0.6 is 0 Å². The van der Waals surface area contributed by atoms with E-state index in [1.807, 2.05) is 19.1 Å². The number of hydrogen-bond donors (Lipinski definition) is 1. The maximum atomic E-state index is 12.4. The van der Waals surface area contributed by atoms with Crippen LogP contribution in [0.25, 0.3) is 10.9 Å². The molecular weight excluding hydrogens is 288 g/mol. The normalized spacial score (nSPS) is 17.6. The average Bonchev–Trinajstić information content (AvgIpc) is 2.92. The monoisotopic (exact) mass is 314 g/mol. The van der Waals surface area contributed by atoms with Gasteiger partial charge in [0.1, 0.15) is 5.75 Å². The molecule has 0 saturated carbocycles. The minimum absolute atomic E-state index is 0.157. The van der Waals surface area contributed by atoms with Gasteiger partial charge in [-0.3, -0.25) is 4.79 Å². The minimum Gasteiger partial charge on any atom is -0.497 e. The first-order valence-corrected chi connectivity index (χ1v) is 8.53. The van der Waals surface area contributed by atoms with Crippen molar-refractivity contribution in [2.45, 2.75) is 46.1 Å². The quantitative estimate of drug-likeness (QED) is 0.925. The van der Waals surface area contributed by atoms with Gasteiger partial charge in [0.25, 0.3) is 0 Å². The highest BCUT2D eigenvalue weighted by molar-refractivity contribution is 5.87. The van der Waals surface area contributed by atoms with Gasteiger partial charge in [-0.15, -0.1) is 0 Å². The molecule has 1 aliphatic rings. The average molecular weight is 314 g/mol. The highest BCUT2D eigenvalue weighted by atomic mass is 16.5. The number of ether oxygens (including phenoxy) is 1. The number of rotatable bonds is 4. The van der Waals surface area contributed by atoms with Crippen molar-refractivity contribution in [3.05, 3.63) is 29.5 Å². The molecule has 1 aromatic heterocycles. The van der Waals surface area contributed by atoms with Crippen LogP contribution in [0, 0.1) is 5.92 Å². The summed E-state index contributed by atoms with van der Waals surface area (Å²) in [5, 5.41) is 1.26. The van der Waals surface area contributed by atoms with Crippen LogP contribution in [0.4, 0.5) is 0 Å². The summed E-state index contributed by atoms with van der Waals surface area (Å²) in [5.74, 6) is 1.65. The second-order valence-electron chi connectivity index (χ2n) is 6.76. The second kappa shape index (κ2) is 6.26. The first-order chi connectivity index (χ1) is 11.0. The lowest BCUT2D eigenvalue weighted by atomic mass is 9.91. The lowest BCUT2D eigenvalue weighted by Gasteiger charge is -2.36. The van der Waals surface area contributed by atoms with Gasteiger partial charge in [0, 0.05) is 35.6 Å². The molecule has 3 rings (SSSR count). The molecule has 4 nitrogen and oxygen atoms in total. The molecule has 0 radical (unpaired) electrons. The first kappa shape index (κ1) is 15.9. The van der Waals surface area contributed by atoms with E-state index in [1.54, 1.807) is 7.11 Å². The molecule has 124 valence electrons. The summed E-state index contributed by atoms with van der Waals surface area (Å²) in [5.41, 5.74) is 3.69. The molecule has 23 heavy (non-hydrogen) atoms. The van der Waals surface area contributed by atoms with E-state index in [0.29, 0.717) is 12.3 Å². The van der Waals surface area contributed by atoms with Crippen LogP contribution in [0.1, 0.15) is 50.9 Å². The SMILES string of the molecule is CCC(=O)N1CCc2c([nH]c3cc(OC)ccc23)C1CC(C)C. The smallest absolute Gasteiger partial charge is 0.222 e. The van der Waals surface area contributed by atoms with Gasteiger partial charge < -0.3 is 14.6 Å². The van der Waals surface area contributed by atoms with Crippen LogP contribution in [0.15, 0.2) is 18.2 Å². The highest BCUT2D eigenvalue weighted by Gasteiger charge is 2.32. The van der Waals surface area contributed by atoms with Crippen molar-refractivity contribution in [2.75, 3.05) is 13.7 Å². The standard InChI is InChI=1S/C19H26N2O2/c1-5-18(22)21-9-8-15-14-7-6-13(23-4)11-16(14)20-19(15)17(21)10-12(2)3/h6-7,11-12,17,20H,5,8-10H2,1-4H3. The van der Waals surface area contributed by atoms with Crippen molar-refractivity contribution in [1.82, 2.24) is 9.88 Å². The molecule has 0 spiro atoms. The molecule has 0 bridgehead atoms. The number of hydrogen-bond acceptors (Lipinski definition) is 2. The number of nitrogens with zero attached hydrogens (tertiary/aromatic N) is 1. The van der Waals surface area contributed by atoms with Crippen LogP contribution in [0.5, 0.6) is 5.75 Å². The van der Waals surface area contributed by atoms with Crippen molar-refractivity contribution in [1.29, 1.82) is 0 Å². The Hall–Kier alpha value is -1.97. The van der Waals surface area contributed by atoms with Gasteiger partial charge in [-0.1, -0.05) is 20.8 Å². The summed E-state index contributed by atoms with van der Waals surface area (Å²) >= 11 is 0. The molecule has 1 atom stereocenters. The molecule has 0 fully saturated rings. The second-order valence-corrected chi connectivity index (χ2v) is 6.76. The van der Waals surface area contributed by atoms with Crippen molar-refractivity contribution in [3.8, 4) is 5.75 Å². The third-order valence-electron chi connectivity index (χ3n) is 4.78. The number of carbonyl (C=O) groups excluding carboxylic acids is 1. The zero-order valence-corrected chi connectivity index (χ0v) is 14.5. The number of nitrogens with one attached hydrogen (secondary N) is 1. The molecule has 1 aliphatic heterocycles. The molecule has 2 heterocycles. The number of H-pyrrole nitrogens is 1. The summed E-state index contributed by atoms with van der Waals surface area (Å²) in [4.78, 5) is 18.0. The van der Waals surface area contributed by atoms with Crippen molar-refractivity contribution < 1.29 is 9.53 Å². The van der Waals surface area contributed by atoms with Crippen molar-refractivity contribution >= 4 is 16.8 Å². The van der Waals surface area contributed by atoms with Gasteiger partial charge in [-0.05, 0) is 36.5 Å². The van der Waals surface area contributed by atoms with E-state index in [-0.39, 0.29) is 11.9 Å². The molecular formula is C19H26N2O2. The summed E-state index contributed by atoms with van der Waals surface area (Å²) in [7, 11) is 1.69. The van der Waals surface area contributed by atoms with Crippen LogP contribution in [-0.4, -0.2) is 29.4 Å². The molecule has 4 heteroatoms. The Morgan fingerprint density at radius 2 is 2.22 bits per heavy atom. The first-order valence-electron chi connectivity index (χ1n) is 8.53. The number of aromatic amines is 1. The molecule has 1 unspecified atom stereocenters. The van der Waals surface area contributed by atoms with Gasteiger partial charge in [0.05, 0.1) is 13.2 Å². The zero-order valence-electron chi connectivity index (χ0n) is 14.5. The Morgan fingerprint density at radius 3 is 2.87 bits per heavy atom. The van der Waals surface area contributed by atoms with Gasteiger partial charge in [-0.2, -0.15) is 0 Å². The molecule has 2 aromatic rings. The van der Waals surface area contributed by atoms with Gasteiger partial charge in [-0.25, -0.2) is 0 Å². The van der Waals surface area contributed by atoms with Crippen LogP contribution in [0.3, 0.4) is 0 Å². The van der Waals surface area contributed by atoms with Gasteiger partial charge >= 0.3 is 0 Å². The fraction of sp³-hybridized carbons (Fsp3) is 0.526. The fourth-order valence-corrected chi connectivity index (χ4v) is 3.67. The van der Waals surface area contributed by atoms with E-state index < -0.39 is 0 Å². The van der Waals surface area contributed by atoms with Gasteiger partial charge in [0.15, 0.2) is 0 Å². The summed E-state index contributed by atoms with van der Waals surface area (Å²) in [6, 6.07) is 6.35. The fourth-order valence-electron chi connectivity index (χ4n) is 3.67. The summed E-state index contributed by atoms with van der Waals surface area (Å²) in [6.07, 6.45) is 2.47. The molecule has 0 saturated heterocycles. The Bertz CT molecular complexity index is 717. The minimum atomic E-state index is 0.157. The Kier molecular flexibility index (Phi) is 4.33. The van der Waals surface area contributed by atoms with E-state index in [4.69, 9.17) is 4.74 Å². The topological polar surface area (TPSA) is 45.3 Å². The molecule has 1 N–H and O–H groups in total. The zero-order chi connectivity index (χ0) is 16.6. The molecule has 0 aliphatic carbocycles. The van der Waals surface area contributed by atoms with Crippen LogP contribution < -0.4 is 4.74 Å². The van der Waals surface area contributed by atoms with E-state index >= 15 is 0 Å². The Morgan fingerprint density at radius 1 is 1.43 bits per heavy atom. The van der Waals surface area contributed by atoms with Crippen molar-refractivity contribution in [2.24, 2.45) is 5.92 Å². The van der Waals surface area contributed by atoms with E-state index in [2.05, 4.69) is 29.8 Å². The number of aromatic nitrogens is 1. The number of fused-ring (bicyclic) bond motifs is 3. The largest absolute Gasteiger partial charge is 0.497 e. The van der Waals surface area contributed by atoms with Crippen molar-refractivity contribution in [3.63, 3.8) is 0 Å². The lowest BCUT2D eigenvalue weighted by Crippen LogP contribution is -2.40. The third-order valence-corrected chi connectivity index (χ3v) is 4.78. The van der Waals surface area contributed by atoms with Crippen LogP contribution in [0.2, 0.25) is 0 Å². The van der Waals surface area contributed by atoms with Gasteiger partial charge in [0.2, 0.25) is 5.91 Å². The van der Waals surface area contributed by atoms with E-state index in [0.717, 1.165) is 30.7 Å². The predicted molar refractivity (Wildman–Crippen MR) is 92.8 cm³/mol. The number of amides is 1. The number of carbonyl (C=O) groups is 1. The van der Waals surface area contributed by atoms with Crippen LogP contribution in [-0.2, 0) is 11.2 Å². The molecule has 1 amide bonds. The third kappa shape index (κ3) is 2.82. The predicted octanol–water partition coefficient (Wildman–Crippen LogP) is 4.06. The Balaban J connectivity index is 2.08. The number of methoxy groups -OCH3 is 1. The van der Waals surface area contributed by atoms with E-state index in [9.17, 15) is 4.79 Å². The number of benzene rings is 1. The highest BCUT2D eigenvalue weighted by Crippen LogP contribution is 2.38. The maximum absolute atomic E-state index is 12.4. The van der Waals surface area contributed by atoms with E-state index in [1.165, 1.54) is 16.6 Å². The molecule has 1 aromatic carbocycles. The summed E-state index contributed by atoms with van der Waals surface area (Å²) < 4.78 is 5.34. The maximum Gasteiger partial charge on any atom is 0.222 e. The lowest BCUT2D eigenvalue weighted by molar-refractivity contribution is -0.134. The summed E-state index contributed by atoms with van der Waals surface area (Å²) in [6.45, 7) is 7.19. The Labute approximate surface area is 137 Å².